The van der Waals surface area contributed by atoms with Gasteiger partial charge in [-0.15, -0.1) is 0 Å². The number of hydrogen-bond acceptors (Lipinski definition) is 3. The molecule has 0 saturated carbocycles. The number of benzene rings is 1. The molecule has 1 rings (SSSR count). The molecule has 0 bridgehead atoms. The van der Waals surface area contributed by atoms with Gasteiger partial charge in [-0.25, -0.2) is 0 Å². The molecule has 1 aromatic rings. The summed E-state index contributed by atoms with van der Waals surface area (Å²) >= 11 is 0. The second kappa shape index (κ2) is 5.01. The van der Waals surface area contributed by atoms with Crippen LogP contribution in [-0.4, -0.2) is 18.2 Å². The van der Waals surface area contributed by atoms with Crippen molar-refractivity contribution >= 4 is 5.97 Å². The van der Waals surface area contributed by atoms with Crippen LogP contribution >= 0.6 is 0 Å². The lowest BCUT2D eigenvalue weighted by Crippen LogP contribution is -2.35. The van der Waals surface area contributed by atoms with Crippen molar-refractivity contribution in [2.45, 2.75) is 32.1 Å². The van der Waals surface area contributed by atoms with Gasteiger partial charge in [0, 0.05) is 5.56 Å². The summed E-state index contributed by atoms with van der Waals surface area (Å²) in [5, 5.41) is 9.84. The van der Waals surface area contributed by atoms with Crippen LogP contribution in [0.25, 0.3) is 0 Å². The van der Waals surface area contributed by atoms with E-state index in [2.05, 4.69) is 0 Å². The summed E-state index contributed by atoms with van der Waals surface area (Å²) in [5.41, 5.74) is -0.0908. The van der Waals surface area contributed by atoms with Gasteiger partial charge in [-0.2, -0.15) is 0 Å². The number of esters is 1. The molecule has 0 aliphatic heterocycles. The SMILES string of the molecule is CCC(CC)(C(=O)OC)c1ccccc1O. The Morgan fingerprint density at radius 3 is 2.31 bits per heavy atom. The van der Waals surface area contributed by atoms with Crippen LogP contribution in [0.4, 0.5) is 0 Å². The van der Waals surface area contributed by atoms with Gasteiger partial charge in [0.15, 0.2) is 0 Å². The Bertz CT molecular complexity index is 367. The van der Waals surface area contributed by atoms with Crippen LogP contribution in [0.5, 0.6) is 5.75 Å². The van der Waals surface area contributed by atoms with Crippen molar-refractivity contribution < 1.29 is 14.6 Å². The van der Waals surface area contributed by atoms with Crippen LogP contribution in [0.2, 0.25) is 0 Å². The third-order valence-corrected chi connectivity index (χ3v) is 3.20. The van der Waals surface area contributed by atoms with E-state index >= 15 is 0 Å². The maximum Gasteiger partial charge on any atom is 0.316 e. The zero-order chi connectivity index (χ0) is 12.2. The minimum atomic E-state index is -0.736. The fourth-order valence-electron chi connectivity index (χ4n) is 2.10. The van der Waals surface area contributed by atoms with E-state index in [1.807, 2.05) is 19.9 Å². The maximum absolute atomic E-state index is 11.9. The second-order valence-corrected chi connectivity index (χ2v) is 3.80. The number of phenols is 1. The molecule has 0 spiro atoms. The molecule has 3 nitrogen and oxygen atoms in total. The van der Waals surface area contributed by atoms with Gasteiger partial charge in [0.05, 0.1) is 12.5 Å². The average molecular weight is 222 g/mol. The Kier molecular flexibility index (Phi) is 3.93. The topological polar surface area (TPSA) is 46.5 Å². The summed E-state index contributed by atoms with van der Waals surface area (Å²) in [6, 6.07) is 6.93. The summed E-state index contributed by atoms with van der Waals surface area (Å²) in [5.74, 6) is -0.143. The zero-order valence-electron chi connectivity index (χ0n) is 9.99. The minimum Gasteiger partial charge on any atom is -0.508 e. The van der Waals surface area contributed by atoms with Crippen molar-refractivity contribution in [3.05, 3.63) is 29.8 Å². The molecule has 16 heavy (non-hydrogen) atoms. The molecule has 3 heteroatoms. The first-order chi connectivity index (χ1) is 7.62. The van der Waals surface area contributed by atoms with Gasteiger partial charge in [-0.05, 0) is 18.9 Å². The Labute approximate surface area is 96.1 Å². The smallest absolute Gasteiger partial charge is 0.316 e. The van der Waals surface area contributed by atoms with Gasteiger partial charge < -0.3 is 9.84 Å². The first kappa shape index (κ1) is 12.6. The molecule has 0 radical (unpaired) electrons. The van der Waals surface area contributed by atoms with Gasteiger partial charge in [0.1, 0.15) is 5.75 Å². The van der Waals surface area contributed by atoms with E-state index in [-0.39, 0.29) is 11.7 Å². The quantitative estimate of drug-likeness (QED) is 0.796. The lowest BCUT2D eigenvalue weighted by Gasteiger charge is -2.29. The molecule has 0 fully saturated rings. The van der Waals surface area contributed by atoms with Crippen LogP contribution < -0.4 is 0 Å². The van der Waals surface area contributed by atoms with Gasteiger partial charge in [-0.3, -0.25) is 4.79 Å². The van der Waals surface area contributed by atoms with E-state index in [0.29, 0.717) is 18.4 Å². The van der Waals surface area contributed by atoms with Crippen molar-refractivity contribution in [2.24, 2.45) is 0 Å². The van der Waals surface area contributed by atoms with Gasteiger partial charge in [0.2, 0.25) is 0 Å². The van der Waals surface area contributed by atoms with E-state index in [1.165, 1.54) is 7.11 Å². The largest absolute Gasteiger partial charge is 0.508 e. The highest BCUT2D eigenvalue weighted by molar-refractivity contribution is 5.84. The van der Waals surface area contributed by atoms with Crippen LogP contribution in [0, 0.1) is 0 Å². The summed E-state index contributed by atoms with van der Waals surface area (Å²) in [6.07, 6.45) is 1.21. The van der Waals surface area contributed by atoms with Crippen molar-refractivity contribution in [3.63, 3.8) is 0 Å². The minimum absolute atomic E-state index is 0.150. The van der Waals surface area contributed by atoms with E-state index in [9.17, 15) is 9.90 Å². The third-order valence-electron chi connectivity index (χ3n) is 3.20. The Morgan fingerprint density at radius 1 is 1.31 bits per heavy atom. The summed E-state index contributed by atoms with van der Waals surface area (Å²) < 4.78 is 4.86. The standard InChI is InChI=1S/C13H18O3/c1-4-13(5-2,12(15)16-3)10-8-6-7-9-11(10)14/h6-9,14H,4-5H2,1-3H3. The van der Waals surface area contributed by atoms with E-state index in [1.54, 1.807) is 18.2 Å². The second-order valence-electron chi connectivity index (χ2n) is 3.80. The highest BCUT2D eigenvalue weighted by Crippen LogP contribution is 2.37. The number of carbonyl (C=O) groups is 1. The van der Waals surface area contributed by atoms with Crippen LogP contribution in [0.1, 0.15) is 32.3 Å². The number of para-hydroxylation sites is 1. The Morgan fingerprint density at radius 2 is 1.88 bits per heavy atom. The predicted molar refractivity (Wildman–Crippen MR) is 62.4 cm³/mol. The van der Waals surface area contributed by atoms with E-state index in [0.717, 1.165) is 0 Å². The lowest BCUT2D eigenvalue weighted by molar-refractivity contribution is -0.148. The highest BCUT2D eigenvalue weighted by atomic mass is 16.5. The average Bonchev–Trinajstić information content (AvgIpc) is 2.33. The van der Waals surface area contributed by atoms with Gasteiger partial charge in [0.25, 0.3) is 0 Å². The highest BCUT2D eigenvalue weighted by Gasteiger charge is 2.39. The molecule has 88 valence electrons. The van der Waals surface area contributed by atoms with Crippen molar-refractivity contribution in [1.82, 2.24) is 0 Å². The molecule has 0 saturated heterocycles. The Balaban J connectivity index is 3.32. The number of ether oxygens (including phenoxy) is 1. The van der Waals surface area contributed by atoms with Gasteiger partial charge >= 0.3 is 5.97 Å². The molecule has 0 amide bonds. The lowest BCUT2D eigenvalue weighted by atomic mass is 9.75. The molecule has 1 aromatic carbocycles. The Hall–Kier alpha value is -1.51. The first-order valence-corrected chi connectivity index (χ1v) is 5.49. The number of rotatable bonds is 4. The molecule has 0 atom stereocenters. The van der Waals surface area contributed by atoms with Gasteiger partial charge in [-0.1, -0.05) is 32.0 Å². The molecule has 0 unspecified atom stereocenters. The van der Waals surface area contributed by atoms with Crippen LogP contribution in [0.15, 0.2) is 24.3 Å². The van der Waals surface area contributed by atoms with E-state index < -0.39 is 5.41 Å². The number of methoxy groups -OCH3 is 1. The van der Waals surface area contributed by atoms with Crippen LogP contribution in [0.3, 0.4) is 0 Å². The molecule has 1 N–H and O–H groups in total. The number of carbonyl (C=O) groups excluding carboxylic acids is 1. The number of phenolic OH excluding ortho intramolecular Hbond substituents is 1. The fourth-order valence-corrected chi connectivity index (χ4v) is 2.10. The third kappa shape index (κ3) is 1.90. The molecule has 0 aliphatic carbocycles. The molecule has 0 aromatic heterocycles. The fraction of sp³-hybridized carbons (Fsp3) is 0.462. The first-order valence-electron chi connectivity index (χ1n) is 5.49. The maximum atomic E-state index is 11.9. The molecular formula is C13H18O3. The summed E-state index contributed by atoms with van der Waals surface area (Å²) in [4.78, 5) is 11.9. The summed E-state index contributed by atoms with van der Waals surface area (Å²) in [6.45, 7) is 3.85. The number of aromatic hydroxyl groups is 1. The molecular weight excluding hydrogens is 204 g/mol. The van der Waals surface area contributed by atoms with E-state index in [4.69, 9.17) is 4.74 Å². The van der Waals surface area contributed by atoms with Crippen LogP contribution in [-0.2, 0) is 14.9 Å². The summed E-state index contributed by atoms with van der Waals surface area (Å²) in [7, 11) is 1.38. The molecule has 0 aliphatic rings. The van der Waals surface area contributed by atoms with Crippen molar-refractivity contribution in [2.75, 3.05) is 7.11 Å². The normalized spacial score (nSPS) is 11.2. The van der Waals surface area contributed by atoms with Crippen molar-refractivity contribution in [3.8, 4) is 5.75 Å². The number of hydrogen-bond donors (Lipinski definition) is 1. The molecule has 0 heterocycles. The van der Waals surface area contributed by atoms with Crippen molar-refractivity contribution in [1.29, 1.82) is 0 Å². The monoisotopic (exact) mass is 222 g/mol. The predicted octanol–water partition coefficient (Wildman–Crippen LogP) is 2.62. The zero-order valence-corrected chi connectivity index (χ0v) is 9.99.